The van der Waals surface area contributed by atoms with Gasteiger partial charge in [-0.05, 0) is 70.3 Å². The van der Waals surface area contributed by atoms with Crippen LogP contribution in [0, 0.1) is 5.82 Å². The van der Waals surface area contributed by atoms with E-state index in [1.54, 1.807) is 19.3 Å². The van der Waals surface area contributed by atoms with E-state index in [-0.39, 0.29) is 24.0 Å². The zero-order valence-corrected chi connectivity index (χ0v) is 21.4. The quantitative estimate of drug-likeness (QED) is 0.417. The number of rotatable bonds is 8. The molecule has 198 valence electrons. The topological polar surface area (TPSA) is 109 Å². The van der Waals surface area contributed by atoms with Crippen LogP contribution in [-0.2, 0) is 9.53 Å². The molecule has 2 aliphatic heterocycles. The molecule has 3 N–H and O–H groups in total. The zero-order chi connectivity index (χ0) is 25.8. The Hall–Kier alpha value is -3.31. The molecule has 2 saturated heterocycles. The first kappa shape index (κ1) is 25.3. The monoisotopic (exact) mass is 510 g/mol. The van der Waals surface area contributed by atoms with E-state index < -0.39 is 6.04 Å². The maximum absolute atomic E-state index is 14.1. The van der Waals surface area contributed by atoms with Gasteiger partial charge in [-0.25, -0.2) is 19.3 Å². The number of benzene rings is 1. The summed E-state index contributed by atoms with van der Waals surface area (Å²) in [5.74, 6) is -0.146. The normalized spacial score (nSPS) is 21.5. The third-order valence-electron chi connectivity index (χ3n) is 7.12. The van der Waals surface area contributed by atoms with Gasteiger partial charge in [0.1, 0.15) is 24.4 Å². The fourth-order valence-corrected chi connectivity index (χ4v) is 5.05. The molecule has 1 unspecified atom stereocenters. The average Bonchev–Trinajstić information content (AvgIpc) is 3.36. The number of carbonyl (C=O) groups is 1. The number of likely N-dealkylation sites (tertiary alicyclic amines) is 1. The molecule has 1 amide bonds. The van der Waals surface area contributed by atoms with E-state index in [1.165, 1.54) is 18.5 Å². The van der Waals surface area contributed by atoms with Gasteiger partial charge in [0.15, 0.2) is 17.0 Å². The SMILES string of the molecule is CCN1CCCC(Nc2cc(F)ccc2NC(=O)[C@H](C)Nc2ncnc3c2ncn3[C@@H]2CCCCO2)C1. The molecule has 2 aliphatic rings. The van der Waals surface area contributed by atoms with E-state index in [0.717, 1.165) is 58.3 Å². The molecule has 3 atom stereocenters. The van der Waals surface area contributed by atoms with Gasteiger partial charge in [-0.1, -0.05) is 6.92 Å². The predicted octanol–water partition coefficient (Wildman–Crippen LogP) is 4.00. The van der Waals surface area contributed by atoms with Gasteiger partial charge in [0, 0.05) is 19.2 Å². The molecule has 4 heterocycles. The summed E-state index contributed by atoms with van der Waals surface area (Å²) in [5, 5.41) is 9.55. The van der Waals surface area contributed by atoms with E-state index in [2.05, 4.69) is 42.7 Å². The van der Waals surface area contributed by atoms with Crippen molar-refractivity contribution in [3.63, 3.8) is 0 Å². The van der Waals surface area contributed by atoms with Crippen molar-refractivity contribution in [2.24, 2.45) is 0 Å². The van der Waals surface area contributed by atoms with Crippen molar-refractivity contribution in [2.45, 2.75) is 64.3 Å². The van der Waals surface area contributed by atoms with Crippen molar-refractivity contribution in [1.82, 2.24) is 24.4 Å². The van der Waals surface area contributed by atoms with Crippen molar-refractivity contribution in [2.75, 3.05) is 42.2 Å². The number of amides is 1. The summed E-state index contributed by atoms with van der Waals surface area (Å²) in [5.41, 5.74) is 2.37. The number of piperidine rings is 1. The molecule has 0 spiro atoms. The van der Waals surface area contributed by atoms with E-state index >= 15 is 0 Å². The number of fused-ring (bicyclic) bond motifs is 1. The number of halogens is 1. The molecule has 0 radical (unpaired) electrons. The molecule has 2 fully saturated rings. The Bertz CT molecular complexity index is 1230. The second-order valence-electron chi connectivity index (χ2n) is 9.79. The lowest BCUT2D eigenvalue weighted by atomic mass is 10.1. The minimum Gasteiger partial charge on any atom is -0.379 e. The lowest BCUT2D eigenvalue weighted by Crippen LogP contribution is -2.42. The number of likely N-dealkylation sites (N-methyl/N-ethyl adjacent to an activating group) is 1. The number of anilines is 3. The van der Waals surface area contributed by atoms with Crippen LogP contribution in [0.1, 0.15) is 52.2 Å². The molecule has 5 rings (SSSR count). The number of nitrogens with zero attached hydrogens (tertiary/aromatic N) is 5. The van der Waals surface area contributed by atoms with Crippen LogP contribution in [0.4, 0.5) is 21.6 Å². The second kappa shape index (κ2) is 11.4. The highest BCUT2D eigenvalue weighted by molar-refractivity contribution is 5.99. The fourth-order valence-electron chi connectivity index (χ4n) is 5.05. The van der Waals surface area contributed by atoms with Crippen molar-refractivity contribution >= 4 is 34.3 Å². The minimum atomic E-state index is -0.627. The van der Waals surface area contributed by atoms with Crippen LogP contribution in [0.5, 0.6) is 0 Å². The van der Waals surface area contributed by atoms with Gasteiger partial charge in [-0.2, -0.15) is 0 Å². The Morgan fingerprint density at radius 1 is 1.19 bits per heavy atom. The van der Waals surface area contributed by atoms with Crippen molar-refractivity contribution < 1.29 is 13.9 Å². The first-order chi connectivity index (χ1) is 18.0. The number of ether oxygens (including phenoxy) is 1. The van der Waals surface area contributed by atoms with Gasteiger partial charge in [-0.3, -0.25) is 9.36 Å². The Morgan fingerprint density at radius 2 is 2.08 bits per heavy atom. The summed E-state index contributed by atoms with van der Waals surface area (Å²) < 4.78 is 21.9. The molecule has 11 heteroatoms. The molecule has 10 nitrogen and oxygen atoms in total. The molecule has 1 aromatic carbocycles. The van der Waals surface area contributed by atoms with E-state index in [4.69, 9.17) is 4.74 Å². The van der Waals surface area contributed by atoms with Gasteiger partial charge in [0.2, 0.25) is 5.91 Å². The Morgan fingerprint density at radius 3 is 2.89 bits per heavy atom. The summed E-state index contributed by atoms with van der Waals surface area (Å²) in [7, 11) is 0. The number of imidazole rings is 1. The predicted molar refractivity (Wildman–Crippen MR) is 141 cm³/mol. The highest BCUT2D eigenvalue weighted by Gasteiger charge is 2.23. The standard InChI is InChI=1S/C26H35FN8O2/c1-3-34-11-6-7-19(14-34)32-21-13-18(27)9-10-20(21)33-26(36)17(2)31-24-23-25(29-15-28-24)35(16-30-23)22-8-4-5-12-37-22/h9-10,13,15-17,19,22,32H,3-8,11-12,14H2,1-2H3,(H,33,36)(H,28,29,31)/t17-,19?,22-/m0/s1. The number of nitrogens with one attached hydrogen (secondary N) is 3. The van der Waals surface area contributed by atoms with E-state index in [9.17, 15) is 9.18 Å². The average molecular weight is 511 g/mol. The Labute approximate surface area is 216 Å². The van der Waals surface area contributed by atoms with Gasteiger partial charge in [-0.15, -0.1) is 0 Å². The molecular formula is C26H35FN8O2. The molecule has 0 bridgehead atoms. The highest BCUT2D eigenvalue weighted by Crippen LogP contribution is 2.28. The summed E-state index contributed by atoms with van der Waals surface area (Å²) in [6.45, 7) is 7.56. The van der Waals surface area contributed by atoms with Gasteiger partial charge < -0.3 is 25.6 Å². The lowest BCUT2D eigenvalue weighted by Gasteiger charge is -2.33. The summed E-state index contributed by atoms with van der Waals surface area (Å²) in [6, 6.07) is 3.95. The molecular weight excluding hydrogens is 475 g/mol. The maximum Gasteiger partial charge on any atom is 0.246 e. The lowest BCUT2D eigenvalue weighted by molar-refractivity contribution is -0.116. The summed E-state index contributed by atoms with van der Waals surface area (Å²) in [6.07, 6.45) is 8.22. The second-order valence-corrected chi connectivity index (χ2v) is 9.79. The largest absolute Gasteiger partial charge is 0.379 e. The fraction of sp³-hybridized carbons (Fsp3) is 0.538. The third kappa shape index (κ3) is 5.83. The first-order valence-corrected chi connectivity index (χ1v) is 13.2. The maximum atomic E-state index is 14.1. The molecule has 0 aliphatic carbocycles. The zero-order valence-electron chi connectivity index (χ0n) is 21.4. The summed E-state index contributed by atoms with van der Waals surface area (Å²) >= 11 is 0. The van der Waals surface area contributed by atoms with Crippen LogP contribution < -0.4 is 16.0 Å². The van der Waals surface area contributed by atoms with Crippen LogP contribution in [0.15, 0.2) is 30.9 Å². The van der Waals surface area contributed by atoms with Gasteiger partial charge in [0.05, 0.1) is 17.7 Å². The highest BCUT2D eigenvalue weighted by atomic mass is 19.1. The third-order valence-corrected chi connectivity index (χ3v) is 7.12. The van der Waals surface area contributed by atoms with E-state index in [0.29, 0.717) is 28.4 Å². The van der Waals surface area contributed by atoms with Crippen LogP contribution in [0.3, 0.4) is 0 Å². The Balaban J connectivity index is 1.28. The van der Waals surface area contributed by atoms with Gasteiger partial charge in [0.25, 0.3) is 0 Å². The van der Waals surface area contributed by atoms with E-state index in [1.807, 2.05) is 4.57 Å². The smallest absolute Gasteiger partial charge is 0.246 e. The molecule has 2 aromatic heterocycles. The minimum absolute atomic E-state index is 0.0970. The number of aromatic nitrogens is 4. The van der Waals surface area contributed by atoms with Crippen molar-refractivity contribution in [3.8, 4) is 0 Å². The number of carbonyl (C=O) groups excluding carboxylic acids is 1. The van der Waals surface area contributed by atoms with Crippen LogP contribution in [0.2, 0.25) is 0 Å². The number of hydrogen-bond acceptors (Lipinski definition) is 8. The van der Waals surface area contributed by atoms with Crippen molar-refractivity contribution in [3.05, 3.63) is 36.7 Å². The molecule has 3 aromatic rings. The molecule has 0 saturated carbocycles. The van der Waals surface area contributed by atoms with Crippen LogP contribution in [0.25, 0.3) is 11.2 Å². The Kier molecular flexibility index (Phi) is 7.80. The van der Waals surface area contributed by atoms with Gasteiger partial charge >= 0.3 is 0 Å². The summed E-state index contributed by atoms with van der Waals surface area (Å²) in [4.78, 5) is 28.7. The van der Waals surface area contributed by atoms with Crippen LogP contribution >= 0.6 is 0 Å². The molecule has 37 heavy (non-hydrogen) atoms. The number of hydrogen-bond donors (Lipinski definition) is 3. The van der Waals surface area contributed by atoms with Crippen molar-refractivity contribution in [1.29, 1.82) is 0 Å². The first-order valence-electron chi connectivity index (χ1n) is 13.2. The van der Waals surface area contributed by atoms with Crippen LogP contribution in [-0.4, -0.2) is 68.7 Å².